The Kier molecular flexibility index (Phi) is 5.33. The fourth-order valence-electron chi connectivity index (χ4n) is 2.18. The van der Waals surface area contributed by atoms with Gasteiger partial charge in [0.2, 0.25) is 16.9 Å². The number of aromatic nitrogens is 4. The van der Waals surface area contributed by atoms with Crippen LogP contribution in [0.4, 0.5) is 15.2 Å². The highest BCUT2D eigenvalue weighted by molar-refractivity contribution is 8.00. The molecule has 0 saturated carbocycles. The fourth-order valence-corrected chi connectivity index (χ4v) is 3.99. The molecule has 2 heterocycles. The molecule has 6 nitrogen and oxygen atoms in total. The number of nitrogens with zero attached hydrogens (tertiary/aromatic N) is 4. The van der Waals surface area contributed by atoms with E-state index in [1.54, 1.807) is 24.3 Å². The Bertz CT molecular complexity index is 1070. The van der Waals surface area contributed by atoms with Gasteiger partial charge in [-0.25, -0.2) is 4.39 Å². The summed E-state index contributed by atoms with van der Waals surface area (Å²) in [5.74, 6) is 0.912. The summed E-state index contributed by atoms with van der Waals surface area (Å²) in [6.07, 6.45) is 0. The first-order chi connectivity index (χ1) is 13.2. The lowest BCUT2D eigenvalue weighted by Crippen LogP contribution is -1.92. The molecule has 0 aliphatic heterocycles. The Morgan fingerprint density at radius 2 is 1.85 bits per heavy atom. The minimum absolute atomic E-state index is 0.347. The standard InChI is InChI=1S/C17H11ClFN5OS2/c18-11-6-2-1-5-10(11)15-22-21-14(25-15)9-26-17-24-23-16(27-17)20-13-8-4-3-7-12(13)19/h1-8H,9H2,(H,20,23). The highest BCUT2D eigenvalue weighted by atomic mass is 35.5. The predicted molar refractivity (Wildman–Crippen MR) is 104 cm³/mol. The largest absolute Gasteiger partial charge is 0.420 e. The third kappa shape index (κ3) is 4.26. The molecule has 0 bridgehead atoms. The van der Waals surface area contributed by atoms with Gasteiger partial charge in [0.25, 0.3) is 0 Å². The van der Waals surface area contributed by atoms with Crippen LogP contribution in [0.25, 0.3) is 11.5 Å². The number of hydrogen-bond donors (Lipinski definition) is 1. The second-order valence-corrected chi connectivity index (χ2v) is 7.85. The van der Waals surface area contributed by atoms with E-state index in [0.29, 0.717) is 43.3 Å². The van der Waals surface area contributed by atoms with E-state index < -0.39 is 0 Å². The maximum absolute atomic E-state index is 13.7. The molecule has 136 valence electrons. The molecular weight excluding hydrogens is 409 g/mol. The predicted octanol–water partition coefficient (Wildman–Crippen LogP) is 5.42. The highest BCUT2D eigenvalue weighted by Gasteiger charge is 2.13. The molecule has 0 atom stereocenters. The number of para-hydroxylation sites is 1. The Hall–Kier alpha value is -2.49. The minimum Gasteiger partial charge on any atom is -0.420 e. The molecule has 4 rings (SSSR count). The van der Waals surface area contributed by atoms with Crippen LogP contribution in [-0.4, -0.2) is 20.4 Å². The van der Waals surface area contributed by atoms with Crippen LogP contribution in [0.15, 0.2) is 57.3 Å². The first-order valence-corrected chi connectivity index (χ1v) is 9.92. The van der Waals surface area contributed by atoms with E-state index in [9.17, 15) is 4.39 Å². The SMILES string of the molecule is Fc1ccccc1Nc1nnc(SCc2nnc(-c3ccccc3Cl)o2)s1. The van der Waals surface area contributed by atoms with Crippen molar-refractivity contribution in [2.24, 2.45) is 0 Å². The summed E-state index contributed by atoms with van der Waals surface area (Å²) < 4.78 is 20.0. The normalized spacial score (nSPS) is 10.9. The van der Waals surface area contributed by atoms with Crippen LogP contribution in [0, 0.1) is 5.82 Å². The Balaban J connectivity index is 1.39. The van der Waals surface area contributed by atoms with Crippen LogP contribution < -0.4 is 5.32 Å². The number of hydrogen-bond acceptors (Lipinski definition) is 8. The Morgan fingerprint density at radius 1 is 1.04 bits per heavy atom. The molecule has 0 fully saturated rings. The van der Waals surface area contributed by atoms with Crippen molar-refractivity contribution in [3.63, 3.8) is 0 Å². The minimum atomic E-state index is -0.347. The lowest BCUT2D eigenvalue weighted by atomic mass is 10.2. The molecule has 0 saturated heterocycles. The maximum Gasteiger partial charge on any atom is 0.249 e. The van der Waals surface area contributed by atoms with Gasteiger partial charge in [0, 0.05) is 0 Å². The zero-order chi connectivity index (χ0) is 18.6. The van der Waals surface area contributed by atoms with E-state index in [1.807, 2.05) is 18.2 Å². The first kappa shape index (κ1) is 17.9. The highest BCUT2D eigenvalue weighted by Crippen LogP contribution is 2.31. The second-order valence-electron chi connectivity index (χ2n) is 5.25. The number of anilines is 2. The van der Waals surface area contributed by atoms with Gasteiger partial charge in [-0.1, -0.05) is 59.0 Å². The van der Waals surface area contributed by atoms with Crippen molar-refractivity contribution >= 4 is 45.5 Å². The van der Waals surface area contributed by atoms with Gasteiger partial charge in [-0.3, -0.25) is 0 Å². The molecule has 2 aromatic heterocycles. The molecule has 0 amide bonds. The van der Waals surface area contributed by atoms with Gasteiger partial charge in [-0.2, -0.15) is 0 Å². The fraction of sp³-hybridized carbons (Fsp3) is 0.0588. The third-order valence-electron chi connectivity index (χ3n) is 3.41. The van der Waals surface area contributed by atoms with Crippen molar-refractivity contribution in [2.75, 3.05) is 5.32 Å². The van der Waals surface area contributed by atoms with E-state index in [2.05, 4.69) is 25.7 Å². The molecule has 4 aromatic rings. The van der Waals surface area contributed by atoms with Gasteiger partial charge in [0.1, 0.15) is 5.82 Å². The van der Waals surface area contributed by atoms with Crippen LogP contribution in [0.5, 0.6) is 0 Å². The van der Waals surface area contributed by atoms with Gasteiger partial charge >= 0.3 is 0 Å². The molecule has 1 N–H and O–H groups in total. The number of halogens is 2. The average molecular weight is 420 g/mol. The molecule has 10 heteroatoms. The number of rotatable bonds is 6. The summed E-state index contributed by atoms with van der Waals surface area (Å²) in [4.78, 5) is 0. The van der Waals surface area contributed by atoms with Crippen molar-refractivity contribution in [1.29, 1.82) is 0 Å². The molecule has 0 aliphatic carbocycles. The third-order valence-corrected chi connectivity index (χ3v) is 5.70. The first-order valence-electron chi connectivity index (χ1n) is 7.74. The summed E-state index contributed by atoms with van der Waals surface area (Å²) in [6, 6.07) is 13.7. The zero-order valence-corrected chi connectivity index (χ0v) is 16.0. The molecule has 0 aliphatic rings. The number of thioether (sulfide) groups is 1. The number of nitrogens with one attached hydrogen (secondary N) is 1. The second kappa shape index (κ2) is 8.03. The molecule has 2 aromatic carbocycles. The van der Waals surface area contributed by atoms with E-state index in [0.717, 1.165) is 0 Å². The van der Waals surface area contributed by atoms with Crippen LogP contribution in [0.2, 0.25) is 5.02 Å². The van der Waals surface area contributed by atoms with Crippen molar-refractivity contribution in [3.05, 3.63) is 65.3 Å². The molecular formula is C17H11ClFN5OS2. The van der Waals surface area contributed by atoms with E-state index in [-0.39, 0.29) is 5.82 Å². The van der Waals surface area contributed by atoms with Crippen molar-refractivity contribution < 1.29 is 8.81 Å². The lowest BCUT2D eigenvalue weighted by Gasteiger charge is -2.01. The lowest BCUT2D eigenvalue weighted by molar-refractivity contribution is 0.528. The average Bonchev–Trinajstić information content (AvgIpc) is 3.32. The van der Waals surface area contributed by atoms with E-state index >= 15 is 0 Å². The molecule has 27 heavy (non-hydrogen) atoms. The van der Waals surface area contributed by atoms with Crippen LogP contribution >= 0.6 is 34.7 Å². The van der Waals surface area contributed by atoms with Crippen molar-refractivity contribution in [1.82, 2.24) is 20.4 Å². The monoisotopic (exact) mass is 419 g/mol. The number of benzene rings is 2. The van der Waals surface area contributed by atoms with Crippen LogP contribution in [0.1, 0.15) is 5.89 Å². The summed E-state index contributed by atoms with van der Waals surface area (Å²) >= 11 is 8.86. The van der Waals surface area contributed by atoms with Crippen LogP contribution in [0.3, 0.4) is 0 Å². The summed E-state index contributed by atoms with van der Waals surface area (Å²) in [6.45, 7) is 0. The maximum atomic E-state index is 13.7. The van der Waals surface area contributed by atoms with Gasteiger partial charge in [-0.05, 0) is 24.3 Å². The molecule has 0 radical (unpaired) electrons. The Morgan fingerprint density at radius 3 is 2.70 bits per heavy atom. The van der Waals surface area contributed by atoms with Gasteiger partial charge in [0.15, 0.2) is 4.34 Å². The van der Waals surface area contributed by atoms with Crippen molar-refractivity contribution in [3.8, 4) is 11.5 Å². The zero-order valence-electron chi connectivity index (χ0n) is 13.6. The topological polar surface area (TPSA) is 76.7 Å². The van der Waals surface area contributed by atoms with Crippen LogP contribution in [-0.2, 0) is 5.75 Å². The van der Waals surface area contributed by atoms with Crippen molar-refractivity contribution in [2.45, 2.75) is 10.1 Å². The quantitative estimate of drug-likeness (QED) is 0.418. The summed E-state index contributed by atoms with van der Waals surface area (Å²) in [5.41, 5.74) is 1.04. The summed E-state index contributed by atoms with van der Waals surface area (Å²) in [7, 11) is 0. The molecule has 0 unspecified atom stereocenters. The van der Waals surface area contributed by atoms with Gasteiger partial charge in [-0.15, -0.1) is 20.4 Å². The Labute approximate surface area is 166 Å². The molecule has 0 spiro atoms. The van der Waals surface area contributed by atoms with E-state index in [1.165, 1.54) is 29.2 Å². The van der Waals surface area contributed by atoms with Gasteiger partial charge in [0.05, 0.1) is 22.0 Å². The van der Waals surface area contributed by atoms with E-state index in [4.69, 9.17) is 16.0 Å². The van der Waals surface area contributed by atoms with Gasteiger partial charge < -0.3 is 9.73 Å². The summed E-state index contributed by atoms with van der Waals surface area (Å²) in [5, 5.41) is 20.1. The smallest absolute Gasteiger partial charge is 0.249 e.